The first-order chi connectivity index (χ1) is 9.19. The lowest BCUT2D eigenvalue weighted by atomic mass is 10.00. The third-order valence-corrected chi connectivity index (χ3v) is 3.34. The summed E-state index contributed by atoms with van der Waals surface area (Å²) in [6.07, 6.45) is 4.74. The van der Waals surface area contributed by atoms with Crippen LogP contribution in [0.4, 0.5) is 4.39 Å². The largest absolute Gasteiger partial charge is 0.271 e. The maximum absolute atomic E-state index is 13.6. The molecular formula is C14H15BrFN3. The number of nitrogens with two attached hydrogens (primary N) is 1. The van der Waals surface area contributed by atoms with Crippen molar-refractivity contribution in [2.24, 2.45) is 5.84 Å². The van der Waals surface area contributed by atoms with E-state index in [2.05, 4.69) is 26.3 Å². The van der Waals surface area contributed by atoms with Crippen molar-refractivity contribution < 1.29 is 4.39 Å². The Labute approximate surface area is 120 Å². The summed E-state index contributed by atoms with van der Waals surface area (Å²) >= 11 is 3.38. The highest BCUT2D eigenvalue weighted by Crippen LogP contribution is 2.14. The van der Waals surface area contributed by atoms with E-state index in [1.54, 1.807) is 24.5 Å². The van der Waals surface area contributed by atoms with Crippen LogP contribution in [-0.2, 0) is 12.8 Å². The van der Waals surface area contributed by atoms with E-state index in [1.165, 1.54) is 6.07 Å². The molecule has 0 radical (unpaired) electrons. The minimum Gasteiger partial charge on any atom is -0.271 e. The molecule has 0 bridgehead atoms. The fraction of sp³-hybridized carbons (Fsp3) is 0.214. The molecule has 100 valence electrons. The number of aromatic nitrogens is 1. The number of benzene rings is 1. The predicted molar refractivity (Wildman–Crippen MR) is 76.9 cm³/mol. The van der Waals surface area contributed by atoms with Gasteiger partial charge in [-0.15, -0.1) is 0 Å². The summed E-state index contributed by atoms with van der Waals surface area (Å²) in [6.45, 7) is 0. The van der Waals surface area contributed by atoms with Crippen LogP contribution in [0, 0.1) is 5.82 Å². The van der Waals surface area contributed by atoms with Crippen molar-refractivity contribution in [1.82, 2.24) is 10.4 Å². The van der Waals surface area contributed by atoms with E-state index in [0.717, 1.165) is 10.0 Å². The number of hydrazine groups is 1. The van der Waals surface area contributed by atoms with Crippen LogP contribution in [0.1, 0.15) is 11.1 Å². The Morgan fingerprint density at radius 1 is 1.26 bits per heavy atom. The van der Waals surface area contributed by atoms with Crippen LogP contribution in [0.5, 0.6) is 0 Å². The third-order valence-electron chi connectivity index (χ3n) is 2.90. The lowest BCUT2D eigenvalue weighted by Crippen LogP contribution is -2.38. The zero-order chi connectivity index (χ0) is 13.7. The van der Waals surface area contributed by atoms with Crippen LogP contribution in [0.2, 0.25) is 0 Å². The van der Waals surface area contributed by atoms with E-state index in [1.807, 2.05) is 12.1 Å². The van der Waals surface area contributed by atoms with E-state index < -0.39 is 0 Å². The van der Waals surface area contributed by atoms with Gasteiger partial charge in [-0.25, -0.2) is 4.39 Å². The number of nitrogens with zero attached hydrogens (tertiary/aromatic N) is 1. The van der Waals surface area contributed by atoms with Crippen molar-refractivity contribution in [2.45, 2.75) is 18.9 Å². The Morgan fingerprint density at radius 3 is 2.74 bits per heavy atom. The minimum atomic E-state index is -0.199. The summed E-state index contributed by atoms with van der Waals surface area (Å²) < 4.78 is 14.5. The molecule has 0 aliphatic carbocycles. The lowest BCUT2D eigenvalue weighted by Gasteiger charge is -2.16. The molecule has 1 aromatic carbocycles. The van der Waals surface area contributed by atoms with Crippen molar-refractivity contribution in [2.75, 3.05) is 0 Å². The first-order valence-corrected chi connectivity index (χ1v) is 6.77. The van der Waals surface area contributed by atoms with Crippen LogP contribution in [0.25, 0.3) is 0 Å². The van der Waals surface area contributed by atoms with Gasteiger partial charge in [-0.2, -0.15) is 0 Å². The van der Waals surface area contributed by atoms with Crippen molar-refractivity contribution in [1.29, 1.82) is 0 Å². The Hall–Kier alpha value is -1.30. The van der Waals surface area contributed by atoms with Crippen molar-refractivity contribution in [3.8, 4) is 0 Å². The van der Waals surface area contributed by atoms with Gasteiger partial charge < -0.3 is 0 Å². The quantitative estimate of drug-likeness (QED) is 0.657. The maximum atomic E-state index is 13.6. The van der Waals surface area contributed by atoms with Crippen LogP contribution in [0.3, 0.4) is 0 Å². The number of hydrogen-bond acceptors (Lipinski definition) is 3. The highest BCUT2D eigenvalue weighted by atomic mass is 79.9. The Bertz CT molecular complexity index is 548. The van der Waals surface area contributed by atoms with Gasteiger partial charge in [-0.05, 0) is 52.0 Å². The lowest BCUT2D eigenvalue weighted by molar-refractivity contribution is 0.506. The summed E-state index contributed by atoms with van der Waals surface area (Å²) in [7, 11) is 0. The van der Waals surface area contributed by atoms with Gasteiger partial charge in [0.2, 0.25) is 0 Å². The molecule has 0 aliphatic rings. The van der Waals surface area contributed by atoms with E-state index >= 15 is 0 Å². The van der Waals surface area contributed by atoms with Gasteiger partial charge in [0, 0.05) is 22.9 Å². The first-order valence-electron chi connectivity index (χ1n) is 5.98. The molecule has 2 rings (SSSR count). The summed E-state index contributed by atoms with van der Waals surface area (Å²) in [5, 5.41) is 0. The summed E-state index contributed by atoms with van der Waals surface area (Å²) in [4.78, 5) is 4.11. The average molecular weight is 324 g/mol. The molecule has 0 fully saturated rings. The number of halogens is 2. The highest BCUT2D eigenvalue weighted by molar-refractivity contribution is 9.10. The number of nitrogens with one attached hydrogen (secondary N) is 1. The Morgan fingerprint density at radius 2 is 2.05 bits per heavy atom. The first kappa shape index (κ1) is 14.1. The van der Waals surface area contributed by atoms with Crippen LogP contribution in [0.15, 0.2) is 47.2 Å². The Kier molecular flexibility index (Phi) is 5.01. The molecule has 0 saturated carbocycles. The number of pyridine rings is 1. The molecule has 0 amide bonds. The molecule has 3 N–H and O–H groups in total. The van der Waals surface area contributed by atoms with Crippen molar-refractivity contribution >= 4 is 15.9 Å². The van der Waals surface area contributed by atoms with Gasteiger partial charge in [0.05, 0.1) is 0 Å². The van der Waals surface area contributed by atoms with E-state index in [0.29, 0.717) is 18.4 Å². The van der Waals surface area contributed by atoms with Crippen LogP contribution >= 0.6 is 15.9 Å². The zero-order valence-electron chi connectivity index (χ0n) is 10.3. The molecule has 0 saturated heterocycles. The second-order valence-electron chi connectivity index (χ2n) is 4.37. The highest BCUT2D eigenvalue weighted by Gasteiger charge is 2.12. The molecule has 1 unspecified atom stereocenters. The van der Waals surface area contributed by atoms with Gasteiger partial charge in [-0.1, -0.05) is 18.2 Å². The molecule has 0 spiro atoms. The number of rotatable bonds is 5. The minimum absolute atomic E-state index is 0.0343. The molecule has 1 aromatic heterocycles. The van der Waals surface area contributed by atoms with Gasteiger partial charge >= 0.3 is 0 Å². The fourth-order valence-electron chi connectivity index (χ4n) is 1.97. The zero-order valence-corrected chi connectivity index (χ0v) is 11.9. The molecular weight excluding hydrogens is 309 g/mol. The molecule has 1 heterocycles. The van der Waals surface area contributed by atoms with Gasteiger partial charge in [-0.3, -0.25) is 16.3 Å². The second-order valence-corrected chi connectivity index (χ2v) is 5.29. The van der Waals surface area contributed by atoms with E-state index in [9.17, 15) is 4.39 Å². The smallest absolute Gasteiger partial charge is 0.126 e. The van der Waals surface area contributed by atoms with E-state index in [-0.39, 0.29) is 11.9 Å². The standard InChI is InChI=1S/C14H15BrFN3/c15-12-5-10(8-18-9-12)6-13(19-17)7-11-3-1-2-4-14(11)16/h1-5,8-9,13,19H,6-7,17H2. The third kappa shape index (κ3) is 4.09. The van der Waals surface area contributed by atoms with Crippen molar-refractivity contribution in [3.63, 3.8) is 0 Å². The molecule has 5 heteroatoms. The van der Waals surface area contributed by atoms with Crippen molar-refractivity contribution in [3.05, 3.63) is 64.1 Å². The fourth-order valence-corrected chi connectivity index (χ4v) is 2.38. The molecule has 3 nitrogen and oxygen atoms in total. The maximum Gasteiger partial charge on any atom is 0.126 e. The van der Waals surface area contributed by atoms with Crippen LogP contribution < -0.4 is 11.3 Å². The normalized spacial score (nSPS) is 12.4. The summed E-state index contributed by atoms with van der Waals surface area (Å²) in [6, 6.07) is 8.70. The summed E-state index contributed by atoms with van der Waals surface area (Å²) in [5.74, 6) is 5.35. The average Bonchev–Trinajstić information content (AvgIpc) is 2.40. The number of hydrogen-bond donors (Lipinski definition) is 2. The van der Waals surface area contributed by atoms with Crippen LogP contribution in [-0.4, -0.2) is 11.0 Å². The summed E-state index contributed by atoms with van der Waals surface area (Å²) in [5.41, 5.74) is 4.45. The molecule has 1 atom stereocenters. The second kappa shape index (κ2) is 6.75. The topological polar surface area (TPSA) is 50.9 Å². The Balaban J connectivity index is 2.07. The monoisotopic (exact) mass is 323 g/mol. The van der Waals surface area contributed by atoms with Gasteiger partial charge in [0.15, 0.2) is 0 Å². The molecule has 2 aromatic rings. The SMILES string of the molecule is NNC(Cc1cncc(Br)c1)Cc1ccccc1F. The van der Waals surface area contributed by atoms with Gasteiger partial charge in [0.1, 0.15) is 5.82 Å². The molecule has 19 heavy (non-hydrogen) atoms. The van der Waals surface area contributed by atoms with E-state index in [4.69, 9.17) is 5.84 Å². The predicted octanol–water partition coefficient (Wildman–Crippen LogP) is 2.60. The molecule has 0 aliphatic heterocycles. The van der Waals surface area contributed by atoms with Gasteiger partial charge in [0.25, 0.3) is 0 Å².